The summed E-state index contributed by atoms with van der Waals surface area (Å²) in [6, 6.07) is 7.34. The van der Waals surface area contributed by atoms with Crippen molar-refractivity contribution in [3.05, 3.63) is 35.4 Å². The van der Waals surface area contributed by atoms with Crippen LogP contribution in [0.2, 0.25) is 0 Å². The summed E-state index contributed by atoms with van der Waals surface area (Å²) >= 11 is 0. The zero-order chi connectivity index (χ0) is 11.5. The van der Waals surface area contributed by atoms with E-state index in [-0.39, 0.29) is 11.1 Å². The van der Waals surface area contributed by atoms with E-state index in [0.717, 1.165) is 0 Å². The van der Waals surface area contributed by atoms with E-state index in [1.165, 1.54) is 24.3 Å². The van der Waals surface area contributed by atoms with Gasteiger partial charge in [-0.25, -0.2) is 0 Å². The molecule has 80 valence electrons. The SMILES string of the molecule is N#Cc1ccccc1C(CN)C(F)(F)F. The largest absolute Gasteiger partial charge is 0.396 e. The Balaban J connectivity index is 3.19. The van der Waals surface area contributed by atoms with Crippen LogP contribution >= 0.6 is 0 Å². The zero-order valence-electron chi connectivity index (χ0n) is 7.75. The quantitative estimate of drug-likeness (QED) is 0.820. The van der Waals surface area contributed by atoms with E-state index < -0.39 is 18.6 Å². The molecule has 15 heavy (non-hydrogen) atoms. The third kappa shape index (κ3) is 2.48. The molecule has 1 atom stereocenters. The normalized spacial score (nSPS) is 13.3. The molecule has 0 heterocycles. The van der Waals surface area contributed by atoms with Crippen molar-refractivity contribution in [2.45, 2.75) is 12.1 Å². The molecule has 2 nitrogen and oxygen atoms in total. The zero-order valence-corrected chi connectivity index (χ0v) is 7.75. The highest BCUT2D eigenvalue weighted by molar-refractivity contribution is 5.40. The summed E-state index contributed by atoms with van der Waals surface area (Å²) in [5, 5.41) is 8.67. The van der Waals surface area contributed by atoms with Crippen LogP contribution in [0.3, 0.4) is 0 Å². The van der Waals surface area contributed by atoms with Crippen LogP contribution in [-0.2, 0) is 0 Å². The van der Waals surface area contributed by atoms with E-state index in [0.29, 0.717) is 0 Å². The van der Waals surface area contributed by atoms with Gasteiger partial charge < -0.3 is 5.73 Å². The summed E-state index contributed by atoms with van der Waals surface area (Å²) < 4.78 is 37.6. The molecule has 0 aliphatic rings. The molecule has 0 aromatic heterocycles. The first-order valence-corrected chi connectivity index (χ1v) is 4.26. The molecule has 0 aliphatic carbocycles. The lowest BCUT2D eigenvalue weighted by Crippen LogP contribution is -2.28. The minimum Gasteiger partial charge on any atom is -0.330 e. The smallest absolute Gasteiger partial charge is 0.330 e. The summed E-state index contributed by atoms with van der Waals surface area (Å²) in [4.78, 5) is 0. The molecule has 0 aliphatic heterocycles. The summed E-state index contributed by atoms with van der Waals surface area (Å²) in [6.45, 7) is -0.553. The highest BCUT2D eigenvalue weighted by Crippen LogP contribution is 2.35. The maximum Gasteiger partial charge on any atom is 0.396 e. The molecule has 1 unspecified atom stereocenters. The lowest BCUT2D eigenvalue weighted by atomic mass is 9.94. The van der Waals surface area contributed by atoms with Crippen LogP contribution in [0, 0.1) is 11.3 Å². The molecular formula is C10H9F3N2. The molecule has 1 rings (SSSR count). The fourth-order valence-corrected chi connectivity index (χ4v) is 1.34. The van der Waals surface area contributed by atoms with Crippen molar-refractivity contribution < 1.29 is 13.2 Å². The lowest BCUT2D eigenvalue weighted by Gasteiger charge is -2.19. The highest BCUT2D eigenvalue weighted by atomic mass is 19.4. The minimum atomic E-state index is -4.41. The van der Waals surface area contributed by atoms with Gasteiger partial charge in [-0.3, -0.25) is 0 Å². The van der Waals surface area contributed by atoms with Crippen LogP contribution in [0.25, 0.3) is 0 Å². The number of benzene rings is 1. The van der Waals surface area contributed by atoms with Gasteiger partial charge in [0.1, 0.15) is 0 Å². The number of halogens is 3. The number of hydrogen-bond acceptors (Lipinski definition) is 2. The fourth-order valence-electron chi connectivity index (χ4n) is 1.34. The molecule has 1 aromatic rings. The van der Waals surface area contributed by atoms with Crippen molar-refractivity contribution in [3.8, 4) is 6.07 Å². The van der Waals surface area contributed by atoms with Gasteiger partial charge in [-0.1, -0.05) is 18.2 Å². The molecule has 0 radical (unpaired) electrons. The van der Waals surface area contributed by atoms with Crippen molar-refractivity contribution >= 4 is 0 Å². The number of nitrogens with zero attached hydrogens (tertiary/aromatic N) is 1. The van der Waals surface area contributed by atoms with Crippen LogP contribution in [0.15, 0.2) is 24.3 Å². The van der Waals surface area contributed by atoms with Gasteiger partial charge >= 0.3 is 6.18 Å². The molecule has 5 heteroatoms. The van der Waals surface area contributed by atoms with Gasteiger partial charge in [0, 0.05) is 6.54 Å². The van der Waals surface area contributed by atoms with Gasteiger partial charge in [-0.2, -0.15) is 18.4 Å². The Morgan fingerprint density at radius 2 is 1.93 bits per heavy atom. The summed E-state index contributed by atoms with van der Waals surface area (Å²) in [5.41, 5.74) is 5.04. The van der Waals surface area contributed by atoms with Gasteiger partial charge in [-0.05, 0) is 11.6 Å². The third-order valence-electron chi connectivity index (χ3n) is 2.09. The van der Waals surface area contributed by atoms with Crippen molar-refractivity contribution in [3.63, 3.8) is 0 Å². The third-order valence-corrected chi connectivity index (χ3v) is 2.09. The summed E-state index contributed by atoms with van der Waals surface area (Å²) in [5.74, 6) is -1.77. The number of nitriles is 1. The number of alkyl halides is 3. The minimum absolute atomic E-state index is 0.0188. The maximum absolute atomic E-state index is 12.5. The van der Waals surface area contributed by atoms with Crippen molar-refractivity contribution in [1.82, 2.24) is 0 Å². The highest BCUT2D eigenvalue weighted by Gasteiger charge is 2.40. The topological polar surface area (TPSA) is 49.8 Å². The van der Waals surface area contributed by atoms with E-state index in [4.69, 9.17) is 11.0 Å². The lowest BCUT2D eigenvalue weighted by molar-refractivity contribution is -0.148. The standard InChI is InChI=1S/C10H9F3N2/c11-10(12,13)9(6-15)8-4-2-1-3-7(8)5-14/h1-4,9H,6,15H2. The molecular weight excluding hydrogens is 205 g/mol. The average Bonchev–Trinajstić information content (AvgIpc) is 2.17. The first-order valence-electron chi connectivity index (χ1n) is 4.26. The second-order valence-electron chi connectivity index (χ2n) is 3.03. The van der Waals surface area contributed by atoms with Crippen LogP contribution < -0.4 is 5.73 Å². The van der Waals surface area contributed by atoms with Crippen LogP contribution in [-0.4, -0.2) is 12.7 Å². The van der Waals surface area contributed by atoms with E-state index in [1.54, 1.807) is 6.07 Å². The van der Waals surface area contributed by atoms with Gasteiger partial charge in [0.25, 0.3) is 0 Å². The first-order chi connectivity index (χ1) is 7.00. The van der Waals surface area contributed by atoms with Gasteiger partial charge in [0.15, 0.2) is 0 Å². The Kier molecular flexibility index (Phi) is 3.32. The van der Waals surface area contributed by atoms with Crippen LogP contribution in [0.1, 0.15) is 17.0 Å². The van der Waals surface area contributed by atoms with E-state index in [2.05, 4.69) is 0 Å². The number of hydrogen-bond donors (Lipinski definition) is 1. The molecule has 0 saturated carbocycles. The summed E-state index contributed by atoms with van der Waals surface area (Å²) in [6.07, 6.45) is -4.41. The van der Waals surface area contributed by atoms with Gasteiger partial charge in [0.2, 0.25) is 0 Å². The maximum atomic E-state index is 12.5. The molecule has 0 amide bonds. The van der Waals surface area contributed by atoms with E-state index in [1.807, 2.05) is 0 Å². The molecule has 1 aromatic carbocycles. The Labute approximate surface area is 85.1 Å². The number of rotatable bonds is 2. The monoisotopic (exact) mass is 214 g/mol. The molecule has 2 N–H and O–H groups in total. The predicted octanol–water partition coefficient (Wildman–Crippen LogP) is 2.16. The van der Waals surface area contributed by atoms with Crippen molar-refractivity contribution in [1.29, 1.82) is 5.26 Å². The van der Waals surface area contributed by atoms with E-state index in [9.17, 15) is 13.2 Å². The van der Waals surface area contributed by atoms with Gasteiger partial charge in [-0.15, -0.1) is 0 Å². The Hall–Kier alpha value is -1.54. The Morgan fingerprint density at radius 3 is 2.40 bits per heavy atom. The first kappa shape index (κ1) is 11.5. The average molecular weight is 214 g/mol. The summed E-state index contributed by atoms with van der Waals surface area (Å²) in [7, 11) is 0. The number of nitrogens with two attached hydrogens (primary N) is 1. The molecule has 0 saturated heterocycles. The van der Waals surface area contributed by atoms with Crippen LogP contribution in [0.4, 0.5) is 13.2 Å². The van der Waals surface area contributed by atoms with Crippen LogP contribution in [0.5, 0.6) is 0 Å². The molecule has 0 spiro atoms. The fraction of sp³-hybridized carbons (Fsp3) is 0.300. The van der Waals surface area contributed by atoms with Crippen molar-refractivity contribution in [2.75, 3.05) is 6.54 Å². The molecule has 0 fully saturated rings. The predicted molar refractivity (Wildman–Crippen MR) is 49.0 cm³/mol. The second-order valence-corrected chi connectivity index (χ2v) is 3.03. The Morgan fingerprint density at radius 1 is 1.33 bits per heavy atom. The molecule has 0 bridgehead atoms. The van der Waals surface area contributed by atoms with Crippen molar-refractivity contribution in [2.24, 2.45) is 5.73 Å². The Bertz CT molecular complexity index is 379. The van der Waals surface area contributed by atoms with Gasteiger partial charge in [0.05, 0.1) is 17.6 Å². The second kappa shape index (κ2) is 4.32. The van der Waals surface area contributed by atoms with E-state index >= 15 is 0 Å².